The summed E-state index contributed by atoms with van der Waals surface area (Å²) in [6.07, 6.45) is 5.22. The van der Waals surface area contributed by atoms with Gasteiger partial charge in [0.25, 0.3) is 5.91 Å². The topological polar surface area (TPSA) is 56.6 Å². The van der Waals surface area contributed by atoms with Crippen LogP contribution in [-0.2, 0) is 0 Å². The molecule has 118 valence electrons. The van der Waals surface area contributed by atoms with Crippen molar-refractivity contribution in [3.63, 3.8) is 0 Å². The third-order valence-electron chi connectivity index (χ3n) is 4.37. The Balaban J connectivity index is 1.81. The first kappa shape index (κ1) is 13.9. The molecule has 1 atom stereocenters. The molecule has 0 bridgehead atoms. The molecule has 3 heterocycles. The molecule has 4 rings (SSSR count). The number of aromatic nitrogens is 3. The highest BCUT2D eigenvalue weighted by atomic mass is 16.2. The Labute approximate surface area is 134 Å². The first-order valence-electron chi connectivity index (χ1n) is 7.77. The second-order valence-electron chi connectivity index (χ2n) is 6.20. The van der Waals surface area contributed by atoms with Gasteiger partial charge in [0, 0.05) is 38.7 Å². The summed E-state index contributed by atoms with van der Waals surface area (Å²) in [5.74, 6) is 0.364. The second-order valence-corrected chi connectivity index (χ2v) is 6.20. The number of para-hydroxylation sites is 2. The van der Waals surface area contributed by atoms with Crippen LogP contribution >= 0.6 is 0 Å². The number of nitrogens with zero attached hydrogens (tertiary/aromatic N) is 4. The molecule has 0 radical (unpaired) electrons. The van der Waals surface area contributed by atoms with Crippen molar-refractivity contribution in [2.75, 3.05) is 29.9 Å². The molecule has 1 unspecified atom stereocenters. The minimum absolute atomic E-state index is 0.0166. The zero-order chi connectivity index (χ0) is 16.0. The maximum atomic E-state index is 13.2. The zero-order valence-corrected chi connectivity index (χ0v) is 13.2. The van der Waals surface area contributed by atoms with Crippen molar-refractivity contribution in [2.24, 2.45) is 5.92 Å². The van der Waals surface area contributed by atoms with Crippen LogP contribution in [0, 0.1) is 5.92 Å². The van der Waals surface area contributed by atoms with Crippen molar-refractivity contribution in [1.82, 2.24) is 14.6 Å². The van der Waals surface area contributed by atoms with Crippen molar-refractivity contribution in [3.8, 4) is 0 Å². The molecule has 3 aromatic rings. The monoisotopic (exact) mass is 309 g/mol. The summed E-state index contributed by atoms with van der Waals surface area (Å²) >= 11 is 0. The van der Waals surface area contributed by atoms with Crippen LogP contribution in [0.3, 0.4) is 0 Å². The van der Waals surface area contributed by atoms with Crippen molar-refractivity contribution in [1.29, 1.82) is 0 Å². The first-order valence-corrected chi connectivity index (χ1v) is 7.77. The fourth-order valence-corrected chi connectivity index (χ4v) is 3.35. The number of amides is 1. The average Bonchev–Trinajstić information content (AvgIpc) is 3.12. The number of fused-ring (bicyclic) bond motifs is 2. The molecule has 1 N–H and O–H groups in total. The lowest BCUT2D eigenvalue weighted by Gasteiger charge is -2.24. The van der Waals surface area contributed by atoms with Gasteiger partial charge in [-0.1, -0.05) is 19.1 Å². The molecule has 0 saturated heterocycles. The van der Waals surface area contributed by atoms with Gasteiger partial charge in [-0.25, -0.2) is 9.50 Å². The van der Waals surface area contributed by atoms with Crippen molar-refractivity contribution in [3.05, 3.63) is 48.4 Å². The fourth-order valence-electron chi connectivity index (χ4n) is 3.35. The van der Waals surface area contributed by atoms with Crippen LogP contribution in [0.15, 0.2) is 42.9 Å². The number of imidazole rings is 1. The number of H-pyrrole nitrogens is 1. The predicted molar refractivity (Wildman–Crippen MR) is 90.1 cm³/mol. The van der Waals surface area contributed by atoms with Crippen LogP contribution in [0.25, 0.3) is 5.65 Å². The Hall–Kier alpha value is -2.76. The molecule has 1 aliphatic rings. The van der Waals surface area contributed by atoms with Crippen LogP contribution in [0.1, 0.15) is 17.3 Å². The van der Waals surface area contributed by atoms with Gasteiger partial charge in [0.05, 0.1) is 11.4 Å². The molecule has 23 heavy (non-hydrogen) atoms. The van der Waals surface area contributed by atoms with Gasteiger partial charge >= 0.3 is 0 Å². The standard InChI is InChI=1S/C17H19N5O/c1-12-10-20(2)14-5-3-4-6-15(14)21(11-12)17(23)13-9-19-22-8-7-18-16(13)22/h3-9,12,19H,10-11H2,1-2H3. The Morgan fingerprint density at radius 3 is 2.87 bits per heavy atom. The highest BCUT2D eigenvalue weighted by molar-refractivity contribution is 6.11. The van der Waals surface area contributed by atoms with E-state index in [1.807, 2.05) is 23.1 Å². The second kappa shape index (κ2) is 5.15. The summed E-state index contributed by atoms with van der Waals surface area (Å²) in [5.41, 5.74) is 3.30. The molecule has 6 nitrogen and oxygen atoms in total. The number of anilines is 2. The van der Waals surface area contributed by atoms with E-state index < -0.39 is 0 Å². The van der Waals surface area contributed by atoms with E-state index in [-0.39, 0.29) is 5.91 Å². The highest BCUT2D eigenvalue weighted by Crippen LogP contribution is 2.33. The summed E-state index contributed by atoms with van der Waals surface area (Å²) in [4.78, 5) is 21.6. The van der Waals surface area contributed by atoms with E-state index in [9.17, 15) is 4.79 Å². The number of hydrogen-bond donors (Lipinski definition) is 1. The van der Waals surface area contributed by atoms with E-state index in [0.29, 0.717) is 23.7 Å². The fraction of sp³-hybridized carbons (Fsp3) is 0.294. The maximum Gasteiger partial charge on any atom is 0.263 e. The average molecular weight is 309 g/mol. The minimum atomic E-state index is -0.0166. The predicted octanol–water partition coefficient (Wildman–Crippen LogP) is 2.40. The molecule has 0 spiro atoms. The number of rotatable bonds is 1. The van der Waals surface area contributed by atoms with E-state index in [1.165, 1.54) is 0 Å². The van der Waals surface area contributed by atoms with Gasteiger partial charge in [0.1, 0.15) is 5.56 Å². The summed E-state index contributed by atoms with van der Waals surface area (Å²) < 4.78 is 1.76. The molecule has 0 aliphatic carbocycles. The van der Waals surface area contributed by atoms with Crippen molar-refractivity contribution < 1.29 is 4.79 Å². The lowest BCUT2D eigenvalue weighted by molar-refractivity contribution is 0.0985. The SMILES string of the molecule is CC1CN(C)c2ccccc2N(C(=O)c2c[nH]n3ccnc23)C1. The Morgan fingerprint density at radius 2 is 2.04 bits per heavy atom. The molecule has 2 aromatic heterocycles. The lowest BCUT2D eigenvalue weighted by atomic mass is 10.1. The van der Waals surface area contributed by atoms with E-state index >= 15 is 0 Å². The molecule has 0 fully saturated rings. The highest BCUT2D eigenvalue weighted by Gasteiger charge is 2.28. The van der Waals surface area contributed by atoms with E-state index in [0.717, 1.165) is 17.9 Å². The molecular formula is C17H19N5O. The van der Waals surface area contributed by atoms with Crippen molar-refractivity contribution in [2.45, 2.75) is 6.92 Å². The minimum Gasteiger partial charge on any atom is -0.373 e. The zero-order valence-electron chi connectivity index (χ0n) is 13.2. The van der Waals surface area contributed by atoms with Crippen LogP contribution < -0.4 is 9.80 Å². The molecule has 1 amide bonds. The number of carbonyl (C=O) groups excluding carboxylic acids is 1. The van der Waals surface area contributed by atoms with E-state index in [2.05, 4.69) is 35.0 Å². The Morgan fingerprint density at radius 1 is 1.26 bits per heavy atom. The van der Waals surface area contributed by atoms with Crippen LogP contribution in [-0.4, -0.2) is 40.6 Å². The van der Waals surface area contributed by atoms with Crippen LogP contribution in [0.5, 0.6) is 0 Å². The molecule has 1 aromatic carbocycles. The van der Waals surface area contributed by atoms with Crippen LogP contribution in [0.4, 0.5) is 11.4 Å². The summed E-state index contributed by atoms with van der Waals surface area (Å²) in [7, 11) is 2.08. The van der Waals surface area contributed by atoms with Gasteiger partial charge < -0.3 is 9.80 Å². The van der Waals surface area contributed by atoms with Crippen LogP contribution in [0.2, 0.25) is 0 Å². The van der Waals surface area contributed by atoms with Gasteiger partial charge in [0.15, 0.2) is 5.65 Å². The number of benzene rings is 1. The van der Waals surface area contributed by atoms with Gasteiger partial charge in [-0.15, -0.1) is 0 Å². The number of nitrogens with one attached hydrogen (secondary N) is 1. The van der Waals surface area contributed by atoms with E-state index in [4.69, 9.17) is 0 Å². The number of carbonyl (C=O) groups is 1. The normalized spacial score (nSPS) is 18.1. The lowest BCUT2D eigenvalue weighted by Crippen LogP contribution is -2.34. The summed E-state index contributed by atoms with van der Waals surface area (Å²) in [6.45, 7) is 3.79. The third-order valence-corrected chi connectivity index (χ3v) is 4.37. The Kier molecular flexibility index (Phi) is 3.11. The van der Waals surface area contributed by atoms with Gasteiger partial charge in [0.2, 0.25) is 0 Å². The smallest absolute Gasteiger partial charge is 0.263 e. The first-order chi connectivity index (χ1) is 11.1. The van der Waals surface area contributed by atoms with Gasteiger partial charge in [-0.05, 0) is 18.1 Å². The molecule has 0 saturated carbocycles. The quantitative estimate of drug-likeness (QED) is 0.751. The summed E-state index contributed by atoms with van der Waals surface area (Å²) in [6, 6.07) is 8.06. The molecular weight excluding hydrogens is 290 g/mol. The third kappa shape index (κ3) is 2.18. The van der Waals surface area contributed by atoms with Crippen molar-refractivity contribution >= 4 is 22.9 Å². The van der Waals surface area contributed by atoms with Gasteiger partial charge in [-0.2, -0.15) is 0 Å². The maximum absolute atomic E-state index is 13.2. The number of aromatic amines is 1. The molecule has 1 aliphatic heterocycles. The van der Waals surface area contributed by atoms with Gasteiger partial charge in [-0.3, -0.25) is 9.89 Å². The molecule has 6 heteroatoms. The largest absolute Gasteiger partial charge is 0.373 e. The van der Waals surface area contributed by atoms with E-state index in [1.54, 1.807) is 23.1 Å². The number of hydrogen-bond acceptors (Lipinski definition) is 3. The Bertz CT molecular complexity index is 865. The summed E-state index contributed by atoms with van der Waals surface area (Å²) in [5, 5.41) is 3.04.